The molecule has 1 amide bonds. The molecule has 2 N–H and O–H groups in total. The van der Waals surface area contributed by atoms with Crippen LogP contribution in [0.15, 0.2) is 30.3 Å². The highest BCUT2D eigenvalue weighted by Gasteiger charge is 2.51. The molecule has 1 unspecified atom stereocenters. The Hall–Kier alpha value is -1.84. The highest BCUT2D eigenvalue weighted by Crippen LogP contribution is 2.47. The van der Waals surface area contributed by atoms with E-state index in [1.54, 1.807) is 0 Å². The fraction of sp³-hybridized carbons (Fsp3) is 0.500. The first-order valence-corrected chi connectivity index (χ1v) is 6.97. The van der Waals surface area contributed by atoms with Gasteiger partial charge in [-0.15, -0.1) is 0 Å². The van der Waals surface area contributed by atoms with Gasteiger partial charge in [0.1, 0.15) is 5.78 Å². The van der Waals surface area contributed by atoms with Crippen LogP contribution in [0, 0.1) is 11.3 Å². The van der Waals surface area contributed by atoms with Crippen LogP contribution in [0.1, 0.15) is 32.3 Å². The first kappa shape index (κ1) is 14.6. The van der Waals surface area contributed by atoms with Crippen molar-refractivity contribution >= 4 is 11.9 Å². The number of rotatable bonds is 5. The van der Waals surface area contributed by atoms with Crippen LogP contribution in [-0.4, -0.2) is 23.0 Å². The normalized spacial score (nSPS) is 23.7. The number of benzene rings is 1. The number of hydrogen-bond acceptors (Lipinski definition) is 2. The summed E-state index contributed by atoms with van der Waals surface area (Å²) in [5.41, 5.74) is 0.879. The van der Waals surface area contributed by atoms with Gasteiger partial charge in [-0.3, -0.25) is 4.79 Å². The van der Waals surface area contributed by atoms with E-state index in [0.29, 0.717) is 12.8 Å². The standard InChI is InChI=1S/C16H21NO3/c1-16(2)12(10-14(16)17-15(19)20)13(18)9-8-11-6-4-3-5-7-11/h3-7,12,14,17H,8-10H2,1-2H3,(H,19,20)/t12-,14?/m0/s1. The van der Waals surface area contributed by atoms with Crippen LogP contribution in [0.25, 0.3) is 0 Å². The Labute approximate surface area is 119 Å². The Morgan fingerprint density at radius 3 is 2.50 bits per heavy atom. The molecule has 0 spiro atoms. The van der Waals surface area contributed by atoms with Gasteiger partial charge in [0.15, 0.2) is 0 Å². The molecule has 0 aromatic heterocycles. The van der Waals surface area contributed by atoms with Crippen molar-refractivity contribution in [2.75, 3.05) is 0 Å². The van der Waals surface area contributed by atoms with Crippen LogP contribution in [0.2, 0.25) is 0 Å². The van der Waals surface area contributed by atoms with E-state index in [9.17, 15) is 9.59 Å². The number of hydrogen-bond donors (Lipinski definition) is 2. The van der Waals surface area contributed by atoms with Gasteiger partial charge in [-0.05, 0) is 23.8 Å². The average Bonchev–Trinajstić information content (AvgIpc) is 2.41. The zero-order valence-electron chi connectivity index (χ0n) is 11.9. The molecule has 20 heavy (non-hydrogen) atoms. The summed E-state index contributed by atoms with van der Waals surface area (Å²) in [5.74, 6) is 0.199. The van der Waals surface area contributed by atoms with Crippen LogP contribution in [0.5, 0.6) is 0 Å². The molecule has 2 rings (SSSR count). The fourth-order valence-corrected chi connectivity index (χ4v) is 2.95. The second kappa shape index (κ2) is 5.65. The van der Waals surface area contributed by atoms with E-state index in [-0.39, 0.29) is 23.2 Å². The highest BCUT2D eigenvalue weighted by molar-refractivity contribution is 5.83. The van der Waals surface area contributed by atoms with Crippen LogP contribution < -0.4 is 5.32 Å². The third-order valence-corrected chi connectivity index (χ3v) is 4.46. The summed E-state index contributed by atoms with van der Waals surface area (Å²) in [7, 11) is 0. The predicted molar refractivity (Wildman–Crippen MR) is 76.6 cm³/mol. The van der Waals surface area contributed by atoms with E-state index in [2.05, 4.69) is 5.32 Å². The van der Waals surface area contributed by atoms with Crippen LogP contribution in [0.3, 0.4) is 0 Å². The molecule has 0 aliphatic heterocycles. The van der Waals surface area contributed by atoms with Crippen LogP contribution >= 0.6 is 0 Å². The Kier molecular flexibility index (Phi) is 4.12. The van der Waals surface area contributed by atoms with Crippen molar-refractivity contribution in [2.24, 2.45) is 11.3 Å². The third-order valence-electron chi connectivity index (χ3n) is 4.46. The number of aryl methyl sites for hydroxylation is 1. The van der Waals surface area contributed by atoms with E-state index in [0.717, 1.165) is 12.0 Å². The quantitative estimate of drug-likeness (QED) is 0.868. The monoisotopic (exact) mass is 275 g/mol. The number of carbonyl (C=O) groups is 2. The van der Waals surface area contributed by atoms with Gasteiger partial charge in [-0.2, -0.15) is 0 Å². The van der Waals surface area contributed by atoms with Gasteiger partial charge in [-0.25, -0.2) is 4.79 Å². The van der Waals surface area contributed by atoms with Gasteiger partial charge in [0.25, 0.3) is 0 Å². The molecule has 0 heterocycles. The van der Waals surface area contributed by atoms with Crippen LogP contribution in [-0.2, 0) is 11.2 Å². The van der Waals surface area contributed by atoms with Crippen molar-refractivity contribution in [1.82, 2.24) is 5.32 Å². The van der Waals surface area contributed by atoms with Gasteiger partial charge in [0.2, 0.25) is 0 Å². The van der Waals surface area contributed by atoms with Gasteiger partial charge < -0.3 is 10.4 Å². The molecule has 108 valence electrons. The number of amides is 1. The lowest BCUT2D eigenvalue weighted by Crippen LogP contribution is -2.60. The Balaban J connectivity index is 1.87. The summed E-state index contributed by atoms with van der Waals surface area (Å²) in [6.45, 7) is 3.92. The van der Waals surface area contributed by atoms with E-state index in [4.69, 9.17) is 5.11 Å². The number of carboxylic acid groups (broad SMARTS) is 1. The van der Waals surface area contributed by atoms with Crippen molar-refractivity contribution in [3.05, 3.63) is 35.9 Å². The van der Waals surface area contributed by atoms with E-state index in [1.165, 1.54) is 0 Å². The van der Waals surface area contributed by atoms with Crippen LogP contribution in [0.4, 0.5) is 4.79 Å². The van der Waals surface area contributed by atoms with Gasteiger partial charge in [0.05, 0.1) is 0 Å². The molecule has 1 fully saturated rings. The SMILES string of the molecule is CC1(C)C(NC(=O)O)C[C@H]1C(=O)CCc1ccccc1. The molecule has 1 aliphatic carbocycles. The van der Waals surface area contributed by atoms with Crippen molar-refractivity contribution in [3.63, 3.8) is 0 Å². The zero-order valence-corrected chi connectivity index (χ0v) is 11.9. The molecular weight excluding hydrogens is 254 g/mol. The molecule has 4 nitrogen and oxygen atoms in total. The largest absolute Gasteiger partial charge is 0.465 e. The van der Waals surface area contributed by atoms with Gasteiger partial charge in [-0.1, -0.05) is 44.2 Å². The summed E-state index contributed by atoms with van der Waals surface area (Å²) in [6, 6.07) is 9.83. The molecule has 1 aromatic carbocycles. The Bertz CT molecular complexity index is 496. The summed E-state index contributed by atoms with van der Waals surface area (Å²) >= 11 is 0. The van der Waals surface area contributed by atoms with Crippen molar-refractivity contribution in [1.29, 1.82) is 0 Å². The summed E-state index contributed by atoms with van der Waals surface area (Å²) < 4.78 is 0. The number of ketones is 1. The molecule has 0 saturated heterocycles. The van der Waals surface area contributed by atoms with Crippen molar-refractivity contribution < 1.29 is 14.7 Å². The van der Waals surface area contributed by atoms with E-state index >= 15 is 0 Å². The van der Waals surface area contributed by atoms with Crippen molar-refractivity contribution in [2.45, 2.75) is 39.2 Å². The van der Waals surface area contributed by atoms with E-state index in [1.807, 2.05) is 44.2 Å². The maximum absolute atomic E-state index is 12.3. The minimum absolute atomic E-state index is 0.0388. The first-order chi connectivity index (χ1) is 9.41. The second-order valence-corrected chi connectivity index (χ2v) is 6.06. The minimum Gasteiger partial charge on any atom is -0.465 e. The molecule has 4 heteroatoms. The summed E-state index contributed by atoms with van der Waals surface area (Å²) in [4.78, 5) is 23.0. The Morgan fingerprint density at radius 2 is 1.95 bits per heavy atom. The minimum atomic E-state index is -1.02. The number of nitrogens with one attached hydrogen (secondary N) is 1. The van der Waals surface area contributed by atoms with Gasteiger partial charge in [0, 0.05) is 18.4 Å². The maximum Gasteiger partial charge on any atom is 0.404 e. The lowest BCUT2D eigenvalue weighted by atomic mass is 9.56. The highest BCUT2D eigenvalue weighted by atomic mass is 16.4. The molecule has 0 radical (unpaired) electrons. The van der Waals surface area contributed by atoms with E-state index < -0.39 is 6.09 Å². The molecule has 0 bridgehead atoms. The molecule has 1 saturated carbocycles. The first-order valence-electron chi connectivity index (χ1n) is 6.97. The van der Waals surface area contributed by atoms with Gasteiger partial charge >= 0.3 is 6.09 Å². The second-order valence-electron chi connectivity index (χ2n) is 6.06. The zero-order chi connectivity index (χ0) is 14.8. The molecule has 2 atom stereocenters. The average molecular weight is 275 g/mol. The summed E-state index contributed by atoms with van der Waals surface area (Å²) in [5, 5.41) is 11.3. The molecular formula is C16H21NO3. The predicted octanol–water partition coefficient (Wildman–Crippen LogP) is 2.87. The number of Topliss-reactive ketones (excluding diaryl/α,β-unsaturated/α-hetero) is 1. The smallest absolute Gasteiger partial charge is 0.404 e. The topological polar surface area (TPSA) is 66.4 Å². The lowest BCUT2D eigenvalue weighted by Gasteiger charge is -2.51. The van der Waals surface area contributed by atoms with Crippen molar-refractivity contribution in [3.8, 4) is 0 Å². The Morgan fingerprint density at radius 1 is 1.30 bits per heavy atom. The molecule has 1 aliphatic rings. The number of carbonyl (C=O) groups excluding carboxylic acids is 1. The molecule has 1 aromatic rings. The lowest BCUT2D eigenvalue weighted by molar-refractivity contribution is -0.134. The third kappa shape index (κ3) is 3.00. The summed E-state index contributed by atoms with van der Waals surface area (Å²) in [6.07, 6.45) is 0.881. The fourth-order valence-electron chi connectivity index (χ4n) is 2.95. The maximum atomic E-state index is 12.3.